The molecule has 0 heterocycles. The first-order valence-corrected chi connectivity index (χ1v) is 24.1. The van der Waals surface area contributed by atoms with Gasteiger partial charge >= 0.3 is 13.8 Å². The van der Waals surface area contributed by atoms with Crippen LogP contribution in [0.5, 0.6) is 0 Å². The summed E-state index contributed by atoms with van der Waals surface area (Å²) in [4.78, 5) is 22.5. The number of unbranched alkanes of at least 4 members (excludes halogenated alkanes) is 22. The van der Waals surface area contributed by atoms with Gasteiger partial charge in [0.2, 0.25) is 0 Å². The highest BCUT2D eigenvalue weighted by Crippen LogP contribution is 2.43. The molecule has 0 aromatic rings. The van der Waals surface area contributed by atoms with Gasteiger partial charge in [-0.1, -0.05) is 191 Å². The van der Waals surface area contributed by atoms with Gasteiger partial charge in [-0.2, -0.15) is 0 Å². The van der Waals surface area contributed by atoms with Crippen molar-refractivity contribution in [2.75, 3.05) is 33.0 Å². The number of carbonyl (C=O) groups is 1. The molecular weight excluding hydrogens is 709 g/mol. The van der Waals surface area contributed by atoms with Crippen LogP contribution < -0.4 is 5.73 Å². The zero-order valence-corrected chi connectivity index (χ0v) is 36.6. The first kappa shape index (κ1) is 53.5. The molecule has 2 atom stereocenters. The van der Waals surface area contributed by atoms with Crippen molar-refractivity contribution in [1.29, 1.82) is 0 Å². The Hall–Kier alpha value is -1.54. The molecule has 0 radical (unpaired) electrons. The fourth-order valence-electron chi connectivity index (χ4n) is 6.22. The van der Waals surface area contributed by atoms with E-state index in [-0.39, 0.29) is 32.3 Å². The zero-order chi connectivity index (χ0) is 40.2. The van der Waals surface area contributed by atoms with Gasteiger partial charge in [-0.05, 0) is 51.4 Å². The van der Waals surface area contributed by atoms with Crippen LogP contribution >= 0.6 is 7.82 Å². The highest BCUT2D eigenvalue weighted by molar-refractivity contribution is 7.47. The van der Waals surface area contributed by atoms with Crippen molar-refractivity contribution in [1.82, 2.24) is 0 Å². The van der Waals surface area contributed by atoms with E-state index in [1.807, 2.05) is 0 Å². The second kappa shape index (κ2) is 43.6. The van der Waals surface area contributed by atoms with Gasteiger partial charge in [0.15, 0.2) is 0 Å². The monoisotopic (exact) mass is 796 g/mol. The number of nitrogens with two attached hydrogens (primary N) is 1. The van der Waals surface area contributed by atoms with Gasteiger partial charge in [0.25, 0.3) is 0 Å². The highest BCUT2D eigenvalue weighted by Gasteiger charge is 2.25. The third kappa shape index (κ3) is 43.4. The summed E-state index contributed by atoms with van der Waals surface area (Å²) in [5, 5.41) is 0. The molecule has 0 amide bonds. The van der Waals surface area contributed by atoms with Gasteiger partial charge in [-0.3, -0.25) is 13.8 Å². The molecule has 322 valence electrons. The third-order valence-corrected chi connectivity index (χ3v) is 10.5. The maximum Gasteiger partial charge on any atom is 0.472 e. The minimum atomic E-state index is -4.28. The molecule has 0 aromatic heterocycles. The van der Waals surface area contributed by atoms with E-state index >= 15 is 0 Å². The summed E-state index contributed by atoms with van der Waals surface area (Å²) >= 11 is 0. The molecule has 0 bridgehead atoms. The zero-order valence-electron chi connectivity index (χ0n) is 35.7. The van der Waals surface area contributed by atoms with Crippen LogP contribution in [0.25, 0.3) is 0 Å². The predicted octanol–water partition coefficient (Wildman–Crippen LogP) is 13.6. The van der Waals surface area contributed by atoms with Gasteiger partial charge in [-0.15, -0.1) is 0 Å². The topological polar surface area (TPSA) is 117 Å². The molecule has 9 heteroatoms. The van der Waals surface area contributed by atoms with Crippen molar-refractivity contribution in [3.63, 3.8) is 0 Å². The standard InChI is InChI=1S/C46H86NO7P/c1-3-5-7-9-11-13-15-17-18-19-20-21-22-23-24-25-26-27-29-31-33-35-37-39-46(48)54-45(44-53-55(49,50)52-42-40-47)43-51-41-38-36-34-32-30-28-16-14-12-10-8-6-4-2/h5,7,11,13,17-18,20-21,45H,3-4,6,8-10,12,14-16,19,22-44,47H2,1-2H3,(H,49,50)/b7-5-,13-11-,18-17-,21-20-. The smallest absolute Gasteiger partial charge is 0.457 e. The van der Waals surface area contributed by atoms with E-state index in [2.05, 4.69) is 62.5 Å². The molecule has 8 nitrogen and oxygen atoms in total. The Balaban J connectivity index is 3.97. The summed E-state index contributed by atoms with van der Waals surface area (Å²) in [6.45, 7) is 4.82. The largest absolute Gasteiger partial charge is 0.472 e. The molecule has 0 aromatic carbocycles. The van der Waals surface area contributed by atoms with Crippen LogP contribution in [0, 0.1) is 0 Å². The summed E-state index contributed by atoms with van der Waals surface area (Å²) in [6, 6.07) is 0. The predicted molar refractivity (Wildman–Crippen MR) is 233 cm³/mol. The molecule has 0 rings (SSSR count). The lowest BCUT2D eigenvalue weighted by molar-refractivity contribution is -0.154. The van der Waals surface area contributed by atoms with Crippen LogP contribution in [-0.4, -0.2) is 49.9 Å². The Morgan fingerprint density at radius 1 is 0.564 bits per heavy atom. The summed E-state index contributed by atoms with van der Waals surface area (Å²) < 4.78 is 33.4. The Morgan fingerprint density at radius 3 is 1.53 bits per heavy atom. The van der Waals surface area contributed by atoms with Gasteiger partial charge in [0.1, 0.15) is 6.10 Å². The van der Waals surface area contributed by atoms with Crippen molar-refractivity contribution < 1.29 is 32.8 Å². The molecule has 0 aliphatic rings. The lowest BCUT2D eigenvalue weighted by atomic mass is 10.0. The van der Waals surface area contributed by atoms with Crippen molar-refractivity contribution in [3.05, 3.63) is 48.6 Å². The van der Waals surface area contributed by atoms with Gasteiger partial charge < -0.3 is 20.1 Å². The fraction of sp³-hybridized carbons (Fsp3) is 0.804. The second-order valence-electron chi connectivity index (χ2n) is 14.9. The molecule has 0 spiro atoms. The normalized spacial score (nSPS) is 13.9. The molecular formula is C46H86NO7P. The van der Waals surface area contributed by atoms with Crippen LogP contribution in [0.2, 0.25) is 0 Å². The van der Waals surface area contributed by atoms with Crippen LogP contribution in [0.1, 0.15) is 200 Å². The molecule has 0 saturated carbocycles. The highest BCUT2D eigenvalue weighted by atomic mass is 31.2. The second-order valence-corrected chi connectivity index (χ2v) is 16.3. The average molecular weight is 796 g/mol. The lowest BCUT2D eigenvalue weighted by Crippen LogP contribution is -2.28. The van der Waals surface area contributed by atoms with E-state index in [1.54, 1.807) is 0 Å². The minimum absolute atomic E-state index is 0.0962. The number of phosphoric acid groups is 1. The summed E-state index contributed by atoms with van der Waals surface area (Å²) in [5.41, 5.74) is 5.37. The Morgan fingerprint density at radius 2 is 1.02 bits per heavy atom. The van der Waals surface area contributed by atoms with Gasteiger partial charge in [0.05, 0.1) is 19.8 Å². The van der Waals surface area contributed by atoms with E-state index in [9.17, 15) is 14.3 Å². The number of allylic oxidation sites excluding steroid dienone is 8. The summed E-state index contributed by atoms with van der Waals surface area (Å²) in [7, 11) is -4.28. The number of hydrogen-bond acceptors (Lipinski definition) is 7. The first-order chi connectivity index (χ1) is 26.9. The first-order valence-electron chi connectivity index (χ1n) is 22.6. The van der Waals surface area contributed by atoms with E-state index < -0.39 is 13.9 Å². The van der Waals surface area contributed by atoms with Crippen LogP contribution in [-0.2, 0) is 27.9 Å². The van der Waals surface area contributed by atoms with Crippen LogP contribution in [0.4, 0.5) is 0 Å². The SMILES string of the molecule is CC/C=C\C/C=C\C/C=C\C/C=C\CCCCCCCCCCCCC(=O)OC(COCCCCCCCCCCCCCCC)COP(=O)(O)OCCN. The Labute approximate surface area is 339 Å². The maximum absolute atomic E-state index is 12.6. The number of carbonyl (C=O) groups excluding carboxylic acids is 1. The van der Waals surface area contributed by atoms with Gasteiger partial charge in [0, 0.05) is 19.6 Å². The molecule has 55 heavy (non-hydrogen) atoms. The Kier molecular flexibility index (Phi) is 42.4. The summed E-state index contributed by atoms with van der Waals surface area (Å²) in [5.74, 6) is -0.334. The summed E-state index contributed by atoms with van der Waals surface area (Å²) in [6.07, 6.45) is 51.3. The number of hydrogen-bond donors (Lipinski definition) is 2. The maximum atomic E-state index is 12.6. The van der Waals surface area contributed by atoms with Crippen LogP contribution in [0.3, 0.4) is 0 Å². The lowest BCUT2D eigenvalue weighted by Gasteiger charge is -2.20. The number of rotatable bonds is 43. The van der Waals surface area contributed by atoms with E-state index in [0.29, 0.717) is 13.0 Å². The van der Waals surface area contributed by atoms with Crippen molar-refractivity contribution >= 4 is 13.8 Å². The molecule has 0 fully saturated rings. The van der Waals surface area contributed by atoms with Crippen molar-refractivity contribution in [3.8, 4) is 0 Å². The molecule has 0 saturated heterocycles. The fourth-order valence-corrected chi connectivity index (χ4v) is 6.99. The third-order valence-electron chi connectivity index (χ3n) is 9.51. The van der Waals surface area contributed by atoms with E-state index in [0.717, 1.165) is 57.8 Å². The van der Waals surface area contributed by atoms with Gasteiger partial charge in [-0.25, -0.2) is 4.57 Å². The molecule has 0 aliphatic heterocycles. The molecule has 0 aliphatic carbocycles. The number of esters is 1. The average Bonchev–Trinajstić information content (AvgIpc) is 3.17. The quantitative estimate of drug-likeness (QED) is 0.0271. The Bertz CT molecular complexity index is 983. The minimum Gasteiger partial charge on any atom is -0.457 e. The molecule has 2 unspecified atom stereocenters. The molecule has 3 N–H and O–H groups in total. The van der Waals surface area contributed by atoms with Crippen LogP contribution in [0.15, 0.2) is 48.6 Å². The number of ether oxygens (including phenoxy) is 2. The van der Waals surface area contributed by atoms with E-state index in [1.165, 1.54) is 122 Å². The van der Waals surface area contributed by atoms with E-state index in [4.69, 9.17) is 24.3 Å². The van der Waals surface area contributed by atoms with Crippen molar-refractivity contribution in [2.45, 2.75) is 206 Å². The van der Waals surface area contributed by atoms with Crippen molar-refractivity contribution in [2.24, 2.45) is 5.73 Å². The number of phosphoric ester groups is 1.